The fourth-order valence-corrected chi connectivity index (χ4v) is 2.56. The first kappa shape index (κ1) is 23.0. The van der Waals surface area contributed by atoms with Crippen LogP contribution in [0.15, 0.2) is 0 Å². The third-order valence-electron chi connectivity index (χ3n) is 4.77. The van der Waals surface area contributed by atoms with Gasteiger partial charge in [0.2, 0.25) is 0 Å². The first-order chi connectivity index (χ1) is 11.1. The summed E-state index contributed by atoms with van der Waals surface area (Å²) >= 11 is 0. The lowest BCUT2D eigenvalue weighted by atomic mass is 9.82. The molecule has 0 aliphatic rings. The minimum Gasteiger partial charge on any atom is -0.385 e. The van der Waals surface area contributed by atoms with Gasteiger partial charge in [-0.15, -0.1) is 0 Å². The van der Waals surface area contributed by atoms with Crippen LogP contribution in [0.4, 0.5) is 0 Å². The largest absolute Gasteiger partial charge is 0.385 e. The molecule has 0 heterocycles. The molecule has 140 valence electrons. The van der Waals surface area contributed by atoms with E-state index in [-0.39, 0.29) is 22.4 Å². The maximum Gasteiger partial charge on any atom is 0.133 e. The van der Waals surface area contributed by atoms with Gasteiger partial charge in [0.05, 0.1) is 0 Å². The number of carbonyl (C=O) groups excluding carboxylic acids is 3. The van der Waals surface area contributed by atoms with Crippen LogP contribution in [0.1, 0.15) is 85.5 Å². The highest BCUT2D eigenvalue weighted by atomic mass is 16.5. The minimum absolute atomic E-state index is 0.00590. The number of carbonyl (C=O) groups is 3. The number of rotatable bonds is 15. The smallest absolute Gasteiger partial charge is 0.133 e. The summed E-state index contributed by atoms with van der Waals surface area (Å²) in [5.74, 6) is 0.329. The summed E-state index contributed by atoms with van der Waals surface area (Å²) in [6, 6.07) is 0. The van der Waals surface area contributed by atoms with Gasteiger partial charge in [-0.05, 0) is 36.5 Å². The Balaban J connectivity index is 3.97. The number of methoxy groups -OCH3 is 1. The number of ketones is 2. The normalized spacial score (nSPS) is 12.2. The fourth-order valence-electron chi connectivity index (χ4n) is 2.56. The van der Waals surface area contributed by atoms with E-state index in [0.29, 0.717) is 38.7 Å². The number of hydrogen-bond donors (Lipinski definition) is 0. The summed E-state index contributed by atoms with van der Waals surface area (Å²) in [4.78, 5) is 34.4. The highest BCUT2D eigenvalue weighted by molar-refractivity contribution is 5.86. The monoisotopic (exact) mass is 340 g/mol. The fraction of sp³-hybridized carbons (Fsp3) is 0.850. The Morgan fingerprint density at radius 3 is 1.67 bits per heavy atom. The predicted octanol–water partition coefficient (Wildman–Crippen LogP) is 4.53. The zero-order valence-corrected chi connectivity index (χ0v) is 16.3. The standard InChI is InChI=1S/C20H36O4/c1-19(2,11-6-15-21)12-9-17(22)7-8-18(23)10-13-20(3,4)14-16-24-5/h15H,6-14,16H2,1-5H3. The van der Waals surface area contributed by atoms with Gasteiger partial charge in [0.25, 0.3) is 0 Å². The zero-order valence-electron chi connectivity index (χ0n) is 16.3. The average molecular weight is 341 g/mol. The summed E-state index contributed by atoms with van der Waals surface area (Å²) in [5, 5.41) is 0. The van der Waals surface area contributed by atoms with Crippen molar-refractivity contribution in [1.29, 1.82) is 0 Å². The van der Waals surface area contributed by atoms with Gasteiger partial charge in [0.1, 0.15) is 17.9 Å². The molecule has 0 aromatic rings. The third-order valence-corrected chi connectivity index (χ3v) is 4.77. The Kier molecular flexibility index (Phi) is 11.0. The molecule has 0 spiro atoms. The second-order valence-electron chi connectivity index (χ2n) is 8.35. The Labute approximate surface area is 147 Å². The second-order valence-corrected chi connectivity index (χ2v) is 8.35. The van der Waals surface area contributed by atoms with E-state index >= 15 is 0 Å². The number of hydrogen-bond acceptors (Lipinski definition) is 4. The first-order valence-electron chi connectivity index (χ1n) is 9.08. The predicted molar refractivity (Wildman–Crippen MR) is 97.1 cm³/mol. The molecule has 0 rings (SSSR count). The lowest BCUT2D eigenvalue weighted by Crippen LogP contribution is -2.17. The molecule has 0 aliphatic heterocycles. The molecule has 0 atom stereocenters. The van der Waals surface area contributed by atoms with Gasteiger partial charge in [0.15, 0.2) is 0 Å². The Morgan fingerprint density at radius 2 is 1.25 bits per heavy atom. The number of Topliss-reactive ketones (excluding diaryl/α,β-unsaturated/α-hetero) is 2. The highest BCUT2D eigenvalue weighted by Gasteiger charge is 2.21. The Bertz CT molecular complexity index is 396. The van der Waals surface area contributed by atoms with E-state index in [1.54, 1.807) is 7.11 Å². The summed E-state index contributed by atoms with van der Waals surface area (Å²) in [7, 11) is 1.69. The molecule has 4 nitrogen and oxygen atoms in total. The minimum atomic E-state index is 0.00590. The average Bonchev–Trinajstić information content (AvgIpc) is 2.53. The quantitative estimate of drug-likeness (QED) is 0.411. The molecule has 0 bridgehead atoms. The van der Waals surface area contributed by atoms with Gasteiger partial charge in [-0.2, -0.15) is 0 Å². The van der Waals surface area contributed by atoms with Crippen molar-refractivity contribution in [2.24, 2.45) is 10.8 Å². The van der Waals surface area contributed by atoms with E-state index in [0.717, 1.165) is 32.0 Å². The van der Waals surface area contributed by atoms with Gasteiger partial charge in [-0.25, -0.2) is 0 Å². The lowest BCUT2D eigenvalue weighted by molar-refractivity contribution is -0.124. The molecule has 0 N–H and O–H groups in total. The van der Waals surface area contributed by atoms with Crippen molar-refractivity contribution in [3.63, 3.8) is 0 Å². The molecule has 4 heteroatoms. The maximum atomic E-state index is 12.0. The van der Waals surface area contributed by atoms with Crippen LogP contribution in [0.2, 0.25) is 0 Å². The molecule has 0 aromatic heterocycles. The molecule has 0 saturated carbocycles. The molecule has 0 aromatic carbocycles. The number of aldehydes is 1. The summed E-state index contributed by atoms with van der Waals surface area (Å²) in [5.41, 5.74) is 0.101. The molecule has 0 aliphatic carbocycles. The van der Waals surface area contributed by atoms with E-state index in [9.17, 15) is 14.4 Å². The highest BCUT2D eigenvalue weighted by Crippen LogP contribution is 2.29. The van der Waals surface area contributed by atoms with Gasteiger partial charge in [-0.3, -0.25) is 9.59 Å². The molecule has 0 fully saturated rings. The molecule has 0 amide bonds. The van der Waals surface area contributed by atoms with Gasteiger partial charge in [-0.1, -0.05) is 27.7 Å². The lowest BCUT2D eigenvalue weighted by Gasteiger charge is -2.24. The van der Waals surface area contributed by atoms with E-state index in [1.165, 1.54) is 0 Å². The molecule has 0 saturated heterocycles. The summed E-state index contributed by atoms with van der Waals surface area (Å²) in [6.45, 7) is 9.16. The van der Waals surface area contributed by atoms with Gasteiger partial charge < -0.3 is 9.53 Å². The van der Waals surface area contributed by atoms with Crippen LogP contribution in [0.3, 0.4) is 0 Å². The van der Waals surface area contributed by atoms with Crippen molar-refractivity contribution in [2.45, 2.75) is 85.5 Å². The molecular formula is C20H36O4. The molecule has 24 heavy (non-hydrogen) atoms. The maximum absolute atomic E-state index is 12.0. The Morgan fingerprint density at radius 1 is 0.792 bits per heavy atom. The van der Waals surface area contributed by atoms with Gasteiger partial charge >= 0.3 is 0 Å². The van der Waals surface area contributed by atoms with Crippen LogP contribution in [0, 0.1) is 10.8 Å². The number of ether oxygens (including phenoxy) is 1. The van der Waals surface area contributed by atoms with Crippen LogP contribution in [-0.4, -0.2) is 31.6 Å². The van der Waals surface area contributed by atoms with E-state index < -0.39 is 0 Å². The van der Waals surface area contributed by atoms with Crippen molar-refractivity contribution < 1.29 is 19.1 Å². The van der Waals surface area contributed by atoms with Crippen LogP contribution in [-0.2, 0) is 19.1 Å². The second kappa shape index (κ2) is 11.5. The Hall–Kier alpha value is -1.03. The SMILES string of the molecule is COCCC(C)(C)CCC(=O)CCC(=O)CCC(C)(C)CCC=O. The van der Waals surface area contributed by atoms with Crippen molar-refractivity contribution in [3.8, 4) is 0 Å². The summed E-state index contributed by atoms with van der Waals surface area (Å²) < 4.78 is 5.09. The van der Waals surface area contributed by atoms with Crippen molar-refractivity contribution >= 4 is 17.9 Å². The van der Waals surface area contributed by atoms with Crippen LogP contribution in [0.25, 0.3) is 0 Å². The van der Waals surface area contributed by atoms with Gasteiger partial charge in [0, 0.05) is 45.8 Å². The van der Waals surface area contributed by atoms with Crippen molar-refractivity contribution in [2.75, 3.05) is 13.7 Å². The topological polar surface area (TPSA) is 60.4 Å². The molecule has 0 unspecified atom stereocenters. The first-order valence-corrected chi connectivity index (χ1v) is 9.08. The van der Waals surface area contributed by atoms with Crippen LogP contribution < -0.4 is 0 Å². The van der Waals surface area contributed by atoms with E-state index in [2.05, 4.69) is 27.7 Å². The van der Waals surface area contributed by atoms with E-state index in [1.807, 2.05) is 0 Å². The molecular weight excluding hydrogens is 304 g/mol. The van der Waals surface area contributed by atoms with E-state index in [4.69, 9.17) is 4.74 Å². The van der Waals surface area contributed by atoms with Crippen molar-refractivity contribution in [1.82, 2.24) is 0 Å². The third kappa shape index (κ3) is 12.4. The van der Waals surface area contributed by atoms with Crippen LogP contribution >= 0.6 is 0 Å². The summed E-state index contributed by atoms with van der Waals surface area (Å²) in [6.07, 6.45) is 6.56. The van der Waals surface area contributed by atoms with Crippen molar-refractivity contribution in [3.05, 3.63) is 0 Å². The zero-order chi connectivity index (χ0) is 18.6. The van der Waals surface area contributed by atoms with Crippen LogP contribution in [0.5, 0.6) is 0 Å². The molecule has 0 radical (unpaired) electrons.